The Balaban J connectivity index is 1.97. The van der Waals surface area contributed by atoms with Gasteiger partial charge in [0, 0.05) is 40.9 Å². The van der Waals surface area contributed by atoms with Crippen molar-refractivity contribution in [3.05, 3.63) is 47.8 Å². The van der Waals surface area contributed by atoms with Crippen LogP contribution in [0.2, 0.25) is 0 Å². The molecule has 2 rings (SSSR count). The first kappa shape index (κ1) is 12.7. The molecule has 0 fully saturated rings. The second-order valence-corrected chi connectivity index (χ2v) is 5.42. The maximum atomic E-state index is 11.2. The Morgan fingerprint density at radius 3 is 2.33 bits per heavy atom. The van der Waals surface area contributed by atoms with Gasteiger partial charge >= 0.3 is 0 Å². The van der Waals surface area contributed by atoms with Crippen molar-refractivity contribution in [2.45, 2.75) is 18.4 Å². The normalized spacial score (nSPS) is 12.1. The van der Waals surface area contributed by atoms with E-state index in [1.54, 1.807) is 18.6 Å². The zero-order valence-corrected chi connectivity index (χ0v) is 11.2. The fraction of sp³-hybridized carbons (Fsp3) is 0.231. The molecule has 0 amide bonds. The van der Waals surface area contributed by atoms with Crippen LogP contribution in [0.1, 0.15) is 11.1 Å². The summed E-state index contributed by atoms with van der Waals surface area (Å²) in [6.45, 7) is 2.60. The van der Waals surface area contributed by atoms with E-state index in [-0.39, 0.29) is 0 Å². The quantitative estimate of drug-likeness (QED) is 0.916. The molecule has 94 valence electrons. The summed E-state index contributed by atoms with van der Waals surface area (Å²) in [5.41, 5.74) is 2.14. The Labute approximate surface area is 109 Å². The summed E-state index contributed by atoms with van der Waals surface area (Å²) >= 11 is 0. The van der Waals surface area contributed by atoms with Gasteiger partial charge in [0.15, 0.2) is 0 Å². The van der Waals surface area contributed by atoms with Gasteiger partial charge in [0.1, 0.15) is 0 Å². The lowest BCUT2D eigenvalue weighted by Crippen LogP contribution is -2.03. The third kappa shape index (κ3) is 3.37. The molecule has 0 spiro atoms. The Morgan fingerprint density at radius 2 is 1.78 bits per heavy atom. The van der Waals surface area contributed by atoms with E-state index in [0.717, 1.165) is 16.0 Å². The van der Waals surface area contributed by atoms with E-state index in [2.05, 4.69) is 15.3 Å². The molecular weight excluding hydrogens is 246 g/mol. The van der Waals surface area contributed by atoms with Crippen LogP contribution in [0.15, 0.2) is 41.6 Å². The van der Waals surface area contributed by atoms with E-state index in [1.807, 2.05) is 31.2 Å². The summed E-state index contributed by atoms with van der Waals surface area (Å²) in [4.78, 5) is 9.17. The van der Waals surface area contributed by atoms with Crippen molar-refractivity contribution < 1.29 is 4.21 Å². The Hall–Kier alpha value is -1.75. The molecule has 1 heterocycles. The van der Waals surface area contributed by atoms with Gasteiger partial charge in [0.2, 0.25) is 5.95 Å². The van der Waals surface area contributed by atoms with E-state index in [0.29, 0.717) is 12.5 Å². The van der Waals surface area contributed by atoms with Crippen molar-refractivity contribution in [3.8, 4) is 0 Å². The molecule has 5 heteroatoms. The van der Waals surface area contributed by atoms with Gasteiger partial charge in [-0.15, -0.1) is 0 Å². The number of hydrogen-bond acceptors (Lipinski definition) is 4. The van der Waals surface area contributed by atoms with Crippen LogP contribution in [-0.4, -0.2) is 20.4 Å². The predicted molar refractivity (Wildman–Crippen MR) is 72.9 cm³/mol. The third-order valence-electron chi connectivity index (χ3n) is 2.49. The van der Waals surface area contributed by atoms with Gasteiger partial charge < -0.3 is 5.32 Å². The number of rotatable bonds is 4. The van der Waals surface area contributed by atoms with Crippen LogP contribution in [0.5, 0.6) is 0 Å². The molecule has 0 bridgehead atoms. The van der Waals surface area contributed by atoms with Crippen molar-refractivity contribution in [1.82, 2.24) is 9.97 Å². The highest BCUT2D eigenvalue weighted by molar-refractivity contribution is 7.84. The van der Waals surface area contributed by atoms with Crippen molar-refractivity contribution in [2.24, 2.45) is 0 Å². The largest absolute Gasteiger partial charge is 0.350 e. The zero-order chi connectivity index (χ0) is 13.0. The summed E-state index contributed by atoms with van der Waals surface area (Å²) < 4.78 is 11.2. The van der Waals surface area contributed by atoms with Gasteiger partial charge in [-0.25, -0.2) is 9.97 Å². The number of hydrogen-bond donors (Lipinski definition) is 1. The molecule has 0 radical (unpaired) electrons. The summed E-state index contributed by atoms with van der Waals surface area (Å²) in [6.07, 6.45) is 5.23. The lowest BCUT2D eigenvalue weighted by molar-refractivity contribution is 0.687. The van der Waals surface area contributed by atoms with Crippen LogP contribution < -0.4 is 5.32 Å². The topological polar surface area (TPSA) is 54.9 Å². The van der Waals surface area contributed by atoms with Gasteiger partial charge in [-0.2, -0.15) is 0 Å². The first-order valence-electron chi connectivity index (χ1n) is 5.60. The van der Waals surface area contributed by atoms with Gasteiger partial charge in [0.05, 0.1) is 0 Å². The molecule has 2 aromatic rings. The Bertz CT molecular complexity index is 537. The van der Waals surface area contributed by atoms with E-state index in [1.165, 1.54) is 0 Å². The monoisotopic (exact) mass is 261 g/mol. The van der Waals surface area contributed by atoms with Crippen molar-refractivity contribution in [1.29, 1.82) is 0 Å². The average molecular weight is 261 g/mol. The zero-order valence-electron chi connectivity index (χ0n) is 10.4. The molecule has 1 aromatic carbocycles. The smallest absolute Gasteiger partial charge is 0.222 e. The molecule has 18 heavy (non-hydrogen) atoms. The second-order valence-electron chi connectivity index (χ2n) is 4.04. The third-order valence-corrected chi connectivity index (χ3v) is 3.42. The fourth-order valence-electron chi connectivity index (χ4n) is 1.46. The molecule has 1 unspecified atom stereocenters. The minimum absolute atomic E-state index is 0.615. The molecule has 1 N–H and O–H groups in total. The predicted octanol–water partition coefficient (Wildman–Crippen LogP) is 2.13. The molecule has 0 saturated carbocycles. The second kappa shape index (κ2) is 5.73. The first-order chi connectivity index (χ1) is 8.65. The maximum Gasteiger partial charge on any atom is 0.222 e. The van der Waals surface area contributed by atoms with E-state index in [9.17, 15) is 4.21 Å². The summed E-state index contributed by atoms with van der Waals surface area (Å²) in [5.74, 6) is 0.615. The lowest BCUT2D eigenvalue weighted by atomic mass is 10.2. The molecule has 1 atom stereocenters. The van der Waals surface area contributed by atoms with Gasteiger partial charge in [-0.1, -0.05) is 12.1 Å². The fourth-order valence-corrected chi connectivity index (χ4v) is 1.98. The minimum Gasteiger partial charge on any atom is -0.350 e. The van der Waals surface area contributed by atoms with Crippen LogP contribution in [0.25, 0.3) is 0 Å². The van der Waals surface area contributed by atoms with E-state index in [4.69, 9.17) is 0 Å². The molecule has 0 aliphatic rings. The summed E-state index contributed by atoms with van der Waals surface area (Å²) in [7, 11) is -0.925. The van der Waals surface area contributed by atoms with Crippen LogP contribution in [0.4, 0.5) is 5.95 Å². The summed E-state index contributed by atoms with van der Waals surface area (Å²) in [5, 5.41) is 3.14. The molecule has 0 saturated heterocycles. The molecular formula is C13H15N3OS. The average Bonchev–Trinajstić information content (AvgIpc) is 2.38. The number of nitrogens with zero attached hydrogens (tertiary/aromatic N) is 2. The highest BCUT2D eigenvalue weighted by Crippen LogP contribution is 2.09. The van der Waals surface area contributed by atoms with Crippen molar-refractivity contribution in [3.63, 3.8) is 0 Å². The highest BCUT2D eigenvalue weighted by atomic mass is 32.2. The van der Waals surface area contributed by atoms with Crippen molar-refractivity contribution >= 4 is 16.7 Å². The lowest BCUT2D eigenvalue weighted by Gasteiger charge is -2.05. The number of nitrogens with one attached hydrogen (secondary N) is 1. The van der Waals surface area contributed by atoms with E-state index < -0.39 is 10.8 Å². The highest BCUT2D eigenvalue weighted by Gasteiger charge is 1.99. The van der Waals surface area contributed by atoms with Crippen LogP contribution in [0, 0.1) is 6.92 Å². The number of benzene rings is 1. The van der Waals surface area contributed by atoms with Gasteiger partial charge in [-0.3, -0.25) is 4.21 Å². The maximum absolute atomic E-state index is 11.2. The molecule has 1 aromatic heterocycles. The van der Waals surface area contributed by atoms with E-state index >= 15 is 0 Å². The van der Waals surface area contributed by atoms with Crippen LogP contribution in [-0.2, 0) is 17.3 Å². The Morgan fingerprint density at radius 1 is 1.17 bits per heavy atom. The van der Waals surface area contributed by atoms with Crippen LogP contribution in [0.3, 0.4) is 0 Å². The molecule has 4 nitrogen and oxygen atoms in total. The molecule has 0 aliphatic carbocycles. The van der Waals surface area contributed by atoms with Gasteiger partial charge in [0.25, 0.3) is 0 Å². The molecule has 0 aliphatic heterocycles. The Kier molecular flexibility index (Phi) is 4.04. The SMILES string of the molecule is Cc1cnc(NCc2ccc(S(C)=O)cc2)nc1. The standard InChI is InChI=1S/C13H15N3OS/c1-10-7-14-13(15-8-10)16-9-11-3-5-12(6-4-11)18(2)17/h3-8H,9H2,1-2H3,(H,14,15,16). The first-order valence-corrected chi connectivity index (χ1v) is 7.16. The minimum atomic E-state index is -0.925. The number of anilines is 1. The number of aryl methyl sites for hydroxylation is 1. The van der Waals surface area contributed by atoms with Gasteiger partial charge in [-0.05, 0) is 30.2 Å². The number of aromatic nitrogens is 2. The van der Waals surface area contributed by atoms with Crippen molar-refractivity contribution in [2.75, 3.05) is 11.6 Å². The van der Waals surface area contributed by atoms with Crippen LogP contribution >= 0.6 is 0 Å². The summed E-state index contributed by atoms with van der Waals surface area (Å²) in [6, 6.07) is 7.67.